The highest BCUT2D eigenvalue weighted by atomic mass is 79.9. The standard InChI is InChI=1S/C12H9BrF2N2/c13-9-5-11(15)12(6-10(9)14)17-7-8-1-3-16-4-2-8/h1-6,17H,7H2. The second-order valence-corrected chi connectivity index (χ2v) is 4.31. The van der Waals surface area contributed by atoms with Crippen LogP contribution in [0.2, 0.25) is 0 Å². The van der Waals surface area contributed by atoms with Gasteiger partial charge in [0.25, 0.3) is 0 Å². The van der Waals surface area contributed by atoms with Crippen LogP contribution in [0.1, 0.15) is 5.56 Å². The first-order chi connectivity index (χ1) is 8.16. The number of nitrogens with one attached hydrogen (secondary N) is 1. The molecule has 0 bridgehead atoms. The maximum atomic E-state index is 13.5. The van der Waals surface area contributed by atoms with Gasteiger partial charge in [0.05, 0.1) is 10.2 Å². The van der Waals surface area contributed by atoms with Gasteiger partial charge in [-0.15, -0.1) is 0 Å². The van der Waals surface area contributed by atoms with Crippen molar-refractivity contribution in [1.82, 2.24) is 4.98 Å². The van der Waals surface area contributed by atoms with Gasteiger partial charge >= 0.3 is 0 Å². The Bertz CT molecular complexity index is 517. The van der Waals surface area contributed by atoms with Crippen LogP contribution in [0.3, 0.4) is 0 Å². The SMILES string of the molecule is Fc1cc(NCc2ccncc2)c(F)cc1Br. The third-order valence-electron chi connectivity index (χ3n) is 2.24. The summed E-state index contributed by atoms with van der Waals surface area (Å²) in [5.74, 6) is -0.990. The van der Waals surface area contributed by atoms with Crippen LogP contribution in [0.5, 0.6) is 0 Å². The maximum Gasteiger partial charge on any atom is 0.147 e. The van der Waals surface area contributed by atoms with Crippen LogP contribution >= 0.6 is 15.9 Å². The number of anilines is 1. The summed E-state index contributed by atoms with van der Waals surface area (Å²) in [7, 11) is 0. The summed E-state index contributed by atoms with van der Waals surface area (Å²) >= 11 is 2.93. The summed E-state index contributed by atoms with van der Waals surface area (Å²) in [4.78, 5) is 3.88. The van der Waals surface area contributed by atoms with Crippen molar-refractivity contribution in [3.8, 4) is 0 Å². The van der Waals surface area contributed by atoms with Crippen LogP contribution in [0.15, 0.2) is 41.1 Å². The zero-order valence-electron chi connectivity index (χ0n) is 8.75. The third kappa shape index (κ3) is 3.00. The van der Waals surface area contributed by atoms with E-state index < -0.39 is 11.6 Å². The zero-order valence-corrected chi connectivity index (χ0v) is 10.3. The molecule has 0 aliphatic heterocycles. The molecule has 0 fully saturated rings. The average Bonchev–Trinajstić information content (AvgIpc) is 2.33. The average molecular weight is 299 g/mol. The summed E-state index contributed by atoms with van der Waals surface area (Å²) in [6.45, 7) is 0.417. The quantitative estimate of drug-likeness (QED) is 0.873. The van der Waals surface area contributed by atoms with E-state index in [-0.39, 0.29) is 10.2 Å². The van der Waals surface area contributed by atoms with Crippen LogP contribution in [0, 0.1) is 11.6 Å². The van der Waals surface area contributed by atoms with Gasteiger partial charge in [0.1, 0.15) is 11.6 Å². The van der Waals surface area contributed by atoms with E-state index in [2.05, 4.69) is 26.2 Å². The third-order valence-corrected chi connectivity index (χ3v) is 2.85. The number of aromatic nitrogens is 1. The molecule has 1 aromatic carbocycles. The van der Waals surface area contributed by atoms with E-state index in [0.717, 1.165) is 17.7 Å². The number of hydrogen-bond donors (Lipinski definition) is 1. The lowest BCUT2D eigenvalue weighted by Crippen LogP contribution is -2.02. The Balaban J connectivity index is 2.12. The number of nitrogens with zero attached hydrogens (tertiary/aromatic N) is 1. The first-order valence-corrected chi connectivity index (χ1v) is 5.73. The molecule has 1 heterocycles. The molecule has 88 valence electrons. The predicted molar refractivity (Wildman–Crippen MR) is 65.6 cm³/mol. The smallest absolute Gasteiger partial charge is 0.147 e. The number of rotatable bonds is 3. The molecular weight excluding hydrogens is 290 g/mol. The second kappa shape index (κ2) is 5.23. The highest BCUT2D eigenvalue weighted by Crippen LogP contribution is 2.23. The van der Waals surface area contributed by atoms with Crippen molar-refractivity contribution in [2.75, 3.05) is 5.32 Å². The molecule has 1 aromatic heterocycles. The lowest BCUT2D eigenvalue weighted by molar-refractivity contribution is 0.596. The van der Waals surface area contributed by atoms with Crippen molar-refractivity contribution < 1.29 is 8.78 Å². The Morgan fingerprint density at radius 2 is 1.82 bits per heavy atom. The van der Waals surface area contributed by atoms with E-state index in [1.165, 1.54) is 0 Å². The summed E-state index contributed by atoms with van der Waals surface area (Å²) in [6, 6.07) is 5.84. The van der Waals surface area contributed by atoms with Crippen LogP contribution in [-0.4, -0.2) is 4.98 Å². The van der Waals surface area contributed by atoms with Gasteiger partial charge in [-0.1, -0.05) is 0 Å². The van der Waals surface area contributed by atoms with Gasteiger partial charge in [-0.05, 0) is 39.7 Å². The fraction of sp³-hybridized carbons (Fsp3) is 0.0833. The molecule has 0 saturated carbocycles. The Labute approximate surface area is 106 Å². The summed E-state index contributed by atoms with van der Waals surface area (Å²) in [5, 5.41) is 2.83. The number of hydrogen-bond acceptors (Lipinski definition) is 2. The highest BCUT2D eigenvalue weighted by Gasteiger charge is 2.07. The minimum atomic E-state index is -0.497. The van der Waals surface area contributed by atoms with E-state index in [1.807, 2.05) is 0 Å². The largest absolute Gasteiger partial charge is 0.379 e. The van der Waals surface area contributed by atoms with Crippen LogP contribution < -0.4 is 5.32 Å². The topological polar surface area (TPSA) is 24.9 Å². The first-order valence-electron chi connectivity index (χ1n) is 4.94. The molecular formula is C12H9BrF2N2. The van der Waals surface area contributed by atoms with Gasteiger partial charge in [-0.25, -0.2) is 8.78 Å². The Morgan fingerprint density at radius 3 is 2.53 bits per heavy atom. The molecule has 5 heteroatoms. The van der Waals surface area contributed by atoms with Crippen LogP contribution in [0.4, 0.5) is 14.5 Å². The molecule has 2 nitrogen and oxygen atoms in total. The van der Waals surface area contributed by atoms with E-state index in [4.69, 9.17) is 0 Å². The Morgan fingerprint density at radius 1 is 1.12 bits per heavy atom. The van der Waals surface area contributed by atoms with E-state index >= 15 is 0 Å². The monoisotopic (exact) mass is 298 g/mol. The van der Waals surface area contributed by atoms with Crippen LogP contribution in [0.25, 0.3) is 0 Å². The van der Waals surface area contributed by atoms with Crippen LogP contribution in [-0.2, 0) is 6.54 Å². The van der Waals surface area contributed by atoms with Crippen molar-refractivity contribution in [2.24, 2.45) is 0 Å². The minimum absolute atomic E-state index is 0.115. The first kappa shape index (κ1) is 12.0. The second-order valence-electron chi connectivity index (χ2n) is 3.46. The van der Waals surface area contributed by atoms with Crippen molar-refractivity contribution in [3.05, 3.63) is 58.3 Å². The predicted octanol–water partition coefficient (Wildman–Crippen LogP) is 3.73. The summed E-state index contributed by atoms with van der Waals surface area (Å²) < 4.78 is 26.8. The number of benzene rings is 1. The molecule has 0 atom stereocenters. The molecule has 0 spiro atoms. The summed E-state index contributed by atoms with van der Waals surface area (Å²) in [5.41, 5.74) is 1.09. The van der Waals surface area contributed by atoms with Gasteiger partial charge in [0.2, 0.25) is 0 Å². The molecule has 0 amide bonds. The molecule has 0 unspecified atom stereocenters. The lowest BCUT2D eigenvalue weighted by atomic mass is 10.2. The Kier molecular flexibility index (Phi) is 3.68. The molecule has 0 saturated heterocycles. The van der Waals surface area contributed by atoms with Crippen molar-refractivity contribution in [1.29, 1.82) is 0 Å². The molecule has 2 rings (SSSR count). The fourth-order valence-corrected chi connectivity index (χ4v) is 1.67. The molecule has 0 radical (unpaired) electrons. The normalized spacial score (nSPS) is 10.3. The van der Waals surface area contributed by atoms with Gasteiger partial charge in [-0.2, -0.15) is 0 Å². The van der Waals surface area contributed by atoms with E-state index in [1.54, 1.807) is 24.5 Å². The molecule has 0 aliphatic carbocycles. The van der Waals surface area contributed by atoms with Gasteiger partial charge < -0.3 is 5.32 Å². The molecule has 1 N–H and O–H groups in total. The van der Waals surface area contributed by atoms with Crippen molar-refractivity contribution in [3.63, 3.8) is 0 Å². The highest BCUT2D eigenvalue weighted by molar-refractivity contribution is 9.10. The minimum Gasteiger partial charge on any atom is -0.379 e. The Hall–Kier alpha value is -1.49. The van der Waals surface area contributed by atoms with Gasteiger partial charge in [0, 0.05) is 25.0 Å². The summed E-state index contributed by atoms with van der Waals surface area (Å²) in [6.07, 6.45) is 3.30. The lowest BCUT2D eigenvalue weighted by Gasteiger charge is -2.08. The van der Waals surface area contributed by atoms with E-state index in [9.17, 15) is 8.78 Å². The molecule has 2 aromatic rings. The van der Waals surface area contributed by atoms with Crippen molar-refractivity contribution >= 4 is 21.6 Å². The van der Waals surface area contributed by atoms with Gasteiger partial charge in [0.15, 0.2) is 0 Å². The molecule has 0 aliphatic rings. The zero-order chi connectivity index (χ0) is 12.3. The van der Waals surface area contributed by atoms with E-state index in [0.29, 0.717) is 6.54 Å². The number of halogens is 3. The fourth-order valence-electron chi connectivity index (χ4n) is 1.36. The maximum absolute atomic E-state index is 13.5. The molecule has 17 heavy (non-hydrogen) atoms. The van der Waals surface area contributed by atoms with Gasteiger partial charge in [-0.3, -0.25) is 4.98 Å². The number of pyridine rings is 1. The van der Waals surface area contributed by atoms with Crippen molar-refractivity contribution in [2.45, 2.75) is 6.54 Å².